The summed E-state index contributed by atoms with van der Waals surface area (Å²) in [6.45, 7) is 2.23. The van der Waals surface area contributed by atoms with Gasteiger partial charge < -0.3 is 4.89 Å². The van der Waals surface area contributed by atoms with Crippen LogP contribution in [0.5, 0.6) is 0 Å². The first-order valence-corrected chi connectivity index (χ1v) is 12.8. The van der Waals surface area contributed by atoms with Gasteiger partial charge in [-0.05, 0) is 12.0 Å². The summed E-state index contributed by atoms with van der Waals surface area (Å²) in [7, 11) is -4.26. The Labute approximate surface area is 179 Å². The van der Waals surface area contributed by atoms with Crippen LogP contribution >= 0.6 is 31.0 Å². The highest BCUT2D eigenvalue weighted by Gasteiger charge is 2.65. The standard InChI is InChI=1S/C21H33Cl2O4P/c1-2-3-4-5-6-7-8-9-10-14-17-20(19-15-12-11-13-16-19)21(23,18-22)27-28(24,25)26-20/h11-13,15-16H,2-10,14,17-18H2,1H3,(H,24,25). The summed E-state index contributed by atoms with van der Waals surface area (Å²) in [5.74, 6) is -0.147. The SMILES string of the molecule is CCCCCCCCCCCCC1(c2ccccc2)OP(=O)(O)OC1(Cl)CCl. The van der Waals surface area contributed by atoms with Crippen LogP contribution in [-0.2, 0) is 19.2 Å². The zero-order valence-corrected chi connectivity index (χ0v) is 19.2. The first-order chi connectivity index (χ1) is 13.4. The topological polar surface area (TPSA) is 55.8 Å². The second-order valence-corrected chi connectivity index (χ2v) is 9.82. The van der Waals surface area contributed by atoms with Crippen molar-refractivity contribution < 1.29 is 18.5 Å². The quantitative estimate of drug-likeness (QED) is 0.192. The fourth-order valence-corrected chi connectivity index (χ4v) is 6.14. The molecule has 160 valence electrons. The Balaban J connectivity index is 1.91. The normalized spacial score (nSPS) is 30.0. The van der Waals surface area contributed by atoms with Crippen LogP contribution in [0.1, 0.15) is 83.1 Å². The molecular weight excluding hydrogens is 418 g/mol. The molecule has 3 unspecified atom stereocenters. The van der Waals surface area contributed by atoms with Crippen LogP contribution in [0.15, 0.2) is 30.3 Å². The van der Waals surface area contributed by atoms with E-state index in [4.69, 9.17) is 32.2 Å². The largest absolute Gasteiger partial charge is 0.475 e. The summed E-state index contributed by atoms with van der Waals surface area (Å²) in [6.07, 6.45) is 12.5. The molecule has 1 N–H and O–H groups in total. The molecular formula is C21H33Cl2O4P. The van der Waals surface area contributed by atoms with E-state index >= 15 is 0 Å². The second kappa shape index (κ2) is 11.3. The van der Waals surface area contributed by atoms with Gasteiger partial charge in [0.1, 0.15) is 5.60 Å². The number of alkyl halides is 2. The van der Waals surface area contributed by atoms with Crippen molar-refractivity contribution in [3.05, 3.63) is 35.9 Å². The number of hydrogen-bond donors (Lipinski definition) is 1. The van der Waals surface area contributed by atoms with E-state index in [0.29, 0.717) is 12.0 Å². The minimum atomic E-state index is -4.26. The third-order valence-corrected chi connectivity index (χ3v) is 7.65. The molecule has 1 heterocycles. The monoisotopic (exact) mass is 450 g/mol. The zero-order chi connectivity index (χ0) is 20.5. The first kappa shape index (κ1) is 24.2. The Kier molecular flexibility index (Phi) is 9.80. The van der Waals surface area contributed by atoms with Crippen molar-refractivity contribution in [1.82, 2.24) is 0 Å². The first-order valence-electron chi connectivity index (χ1n) is 10.4. The fraction of sp³-hybridized carbons (Fsp3) is 0.714. The molecule has 1 aromatic rings. The van der Waals surface area contributed by atoms with Gasteiger partial charge in [-0.2, -0.15) is 0 Å². The molecule has 1 aliphatic heterocycles. The van der Waals surface area contributed by atoms with Crippen LogP contribution in [0.2, 0.25) is 0 Å². The molecule has 1 fully saturated rings. The summed E-state index contributed by atoms with van der Waals surface area (Å²) in [5.41, 5.74) is -0.518. The molecule has 3 atom stereocenters. The van der Waals surface area contributed by atoms with Crippen molar-refractivity contribution in [1.29, 1.82) is 0 Å². The van der Waals surface area contributed by atoms with E-state index in [1.54, 1.807) is 0 Å². The average molecular weight is 451 g/mol. The molecule has 0 bridgehead atoms. The van der Waals surface area contributed by atoms with E-state index < -0.39 is 18.5 Å². The summed E-state index contributed by atoms with van der Waals surface area (Å²) in [6, 6.07) is 9.27. The Morgan fingerprint density at radius 1 is 0.929 bits per heavy atom. The van der Waals surface area contributed by atoms with Gasteiger partial charge in [-0.15, -0.1) is 11.6 Å². The van der Waals surface area contributed by atoms with Gasteiger partial charge in [0.25, 0.3) is 0 Å². The molecule has 0 saturated carbocycles. The lowest BCUT2D eigenvalue weighted by atomic mass is 9.83. The third kappa shape index (κ3) is 6.20. The molecule has 1 aromatic carbocycles. The van der Waals surface area contributed by atoms with Crippen LogP contribution in [0.25, 0.3) is 0 Å². The van der Waals surface area contributed by atoms with Gasteiger partial charge in [-0.25, -0.2) is 4.57 Å². The van der Waals surface area contributed by atoms with E-state index in [1.807, 2.05) is 30.3 Å². The molecule has 0 amide bonds. The van der Waals surface area contributed by atoms with Crippen molar-refractivity contribution in [2.24, 2.45) is 0 Å². The number of rotatable bonds is 13. The summed E-state index contributed by atoms with van der Waals surface area (Å²) < 4.78 is 23.0. The van der Waals surface area contributed by atoms with Crippen molar-refractivity contribution >= 4 is 31.0 Å². The van der Waals surface area contributed by atoms with Gasteiger partial charge in [-0.3, -0.25) is 9.05 Å². The lowest BCUT2D eigenvalue weighted by Gasteiger charge is -2.36. The van der Waals surface area contributed by atoms with Crippen LogP contribution in [-0.4, -0.2) is 15.8 Å². The Morgan fingerprint density at radius 2 is 1.46 bits per heavy atom. The van der Waals surface area contributed by atoms with Crippen molar-refractivity contribution in [2.45, 2.75) is 88.2 Å². The average Bonchev–Trinajstić information content (AvgIpc) is 2.90. The summed E-state index contributed by atoms with van der Waals surface area (Å²) >= 11 is 12.7. The van der Waals surface area contributed by atoms with Crippen LogP contribution in [0.3, 0.4) is 0 Å². The second-order valence-electron chi connectivity index (χ2n) is 7.64. The number of phosphoric ester groups is 1. The van der Waals surface area contributed by atoms with Gasteiger partial charge in [0, 0.05) is 0 Å². The van der Waals surface area contributed by atoms with Crippen LogP contribution in [0, 0.1) is 0 Å². The molecule has 0 spiro atoms. The number of halogens is 2. The van der Waals surface area contributed by atoms with Crippen molar-refractivity contribution in [2.75, 3.05) is 5.88 Å². The molecule has 2 rings (SSSR count). The maximum atomic E-state index is 12.2. The lowest BCUT2D eigenvalue weighted by molar-refractivity contribution is 0.00616. The molecule has 28 heavy (non-hydrogen) atoms. The number of benzene rings is 1. The molecule has 7 heteroatoms. The van der Waals surface area contributed by atoms with E-state index in [2.05, 4.69) is 6.92 Å². The fourth-order valence-electron chi connectivity index (χ4n) is 3.89. The van der Waals surface area contributed by atoms with E-state index in [1.165, 1.54) is 44.9 Å². The smallest absolute Gasteiger partial charge is 0.302 e. The minimum absolute atomic E-state index is 0.147. The van der Waals surface area contributed by atoms with Gasteiger partial charge in [-0.1, -0.05) is 113 Å². The summed E-state index contributed by atoms with van der Waals surface area (Å²) in [4.78, 5) is 9.99. The Bertz CT molecular complexity index is 630. The van der Waals surface area contributed by atoms with Crippen molar-refractivity contribution in [3.63, 3.8) is 0 Å². The maximum Gasteiger partial charge on any atom is 0.475 e. The van der Waals surface area contributed by atoms with Crippen LogP contribution in [0.4, 0.5) is 0 Å². The number of phosphoric acid groups is 1. The molecule has 1 saturated heterocycles. The zero-order valence-electron chi connectivity index (χ0n) is 16.7. The van der Waals surface area contributed by atoms with Gasteiger partial charge in [0.15, 0.2) is 5.06 Å². The van der Waals surface area contributed by atoms with Crippen molar-refractivity contribution in [3.8, 4) is 0 Å². The van der Waals surface area contributed by atoms with Gasteiger partial charge in [0.05, 0.1) is 5.88 Å². The van der Waals surface area contributed by atoms with E-state index in [-0.39, 0.29) is 5.88 Å². The molecule has 4 nitrogen and oxygen atoms in total. The molecule has 0 aromatic heterocycles. The number of hydrogen-bond acceptors (Lipinski definition) is 3. The highest BCUT2D eigenvalue weighted by Crippen LogP contribution is 2.68. The number of unbranched alkanes of at least 4 members (excludes halogenated alkanes) is 9. The van der Waals surface area contributed by atoms with Gasteiger partial charge >= 0.3 is 7.82 Å². The minimum Gasteiger partial charge on any atom is -0.302 e. The summed E-state index contributed by atoms with van der Waals surface area (Å²) in [5, 5.41) is -1.57. The molecule has 1 aliphatic rings. The molecule has 0 aliphatic carbocycles. The highest BCUT2D eigenvalue weighted by atomic mass is 35.5. The maximum absolute atomic E-state index is 12.2. The predicted molar refractivity (Wildman–Crippen MR) is 116 cm³/mol. The van der Waals surface area contributed by atoms with E-state index in [9.17, 15) is 9.46 Å². The highest BCUT2D eigenvalue weighted by molar-refractivity contribution is 7.47. The Hall–Kier alpha value is -0.0900. The van der Waals surface area contributed by atoms with E-state index in [0.717, 1.165) is 19.3 Å². The Morgan fingerprint density at radius 3 is 2.00 bits per heavy atom. The third-order valence-electron chi connectivity index (χ3n) is 5.43. The molecule has 0 radical (unpaired) electrons. The lowest BCUT2D eigenvalue weighted by Crippen LogP contribution is -2.46. The van der Waals surface area contributed by atoms with Crippen LogP contribution < -0.4 is 0 Å². The van der Waals surface area contributed by atoms with Gasteiger partial charge in [0.2, 0.25) is 0 Å². The predicted octanol–water partition coefficient (Wildman–Crippen LogP) is 7.51.